The molecule has 0 amide bonds. The summed E-state index contributed by atoms with van der Waals surface area (Å²) in [5, 5.41) is 3.49. The van der Waals surface area contributed by atoms with Gasteiger partial charge in [-0.3, -0.25) is 4.90 Å². The van der Waals surface area contributed by atoms with Crippen molar-refractivity contribution in [3.8, 4) is 0 Å². The van der Waals surface area contributed by atoms with Gasteiger partial charge in [0.15, 0.2) is 0 Å². The number of hydrogen-bond donors (Lipinski definition) is 1. The third kappa shape index (κ3) is 8.08. The van der Waals surface area contributed by atoms with Gasteiger partial charge in [0.2, 0.25) is 0 Å². The molecule has 1 N–H and O–H groups in total. The fourth-order valence-corrected chi connectivity index (χ4v) is 1.67. The van der Waals surface area contributed by atoms with Crippen molar-refractivity contribution < 1.29 is 4.74 Å². The van der Waals surface area contributed by atoms with Crippen LogP contribution in [-0.2, 0) is 4.74 Å². The molecule has 0 spiro atoms. The lowest BCUT2D eigenvalue weighted by Crippen LogP contribution is -2.40. The van der Waals surface area contributed by atoms with E-state index in [1.807, 2.05) is 0 Å². The van der Waals surface area contributed by atoms with Crippen LogP contribution in [0.4, 0.5) is 0 Å². The van der Waals surface area contributed by atoms with Crippen molar-refractivity contribution in [3.63, 3.8) is 0 Å². The molecule has 0 bridgehead atoms. The predicted octanol–water partition coefficient (Wildman–Crippen LogP) is 2.12. The maximum atomic E-state index is 5.15. The van der Waals surface area contributed by atoms with E-state index in [-0.39, 0.29) is 0 Å². The Balaban J connectivity index is 3.65. The van der Waals surface area contributed by atoms with Gasteiger partial charge in [0, 0.05) is 32.8 Å². The Labute approximate surface area is 102 Å². The smallest absolute Gasteiger partial charge is 0.0589 e. The molecule has 1 atom stereocenters. The number of nitrogens with zero attached hydrogens (tertiary/aromatic N) is 1. The van der Waals surface area contributed by atoms with Crippen LogP contribution >= 0.6 is 0 Å². The molecule has 3 nitrogen and oxygen atoms in total. The van der Waals surface area contributed by atoms with Crippen LogP contribution in [0, 0.1) is 0 Å². The first-order valence-electron chi connectivity index (χ1n) is 6.69. The molecule has 0 aromatic rings. The maximum Gasteiger partial charge on any atom is 0.0589 e. The Hall–Kier alpha value is -0.120. The summed E-state index contributed by atoms with van der Waals surface area (Å²) in [6.07, 6.45) is 3.76. The van der Waals surface area contributed by atoms with Gasteiger partial charge in [-0.1, -0.05) is 20.3 Å². The second-order valence-electron chi connectivity index (χ2n) is 4.39. The van der Waals surface area contributed by atoms with E-state index in [0.717, 1.165) is 32.8 Å². The summed E-state index contributed by atoms with van der Waals surface area (Å²) in [5.41, 5.74) is 0. The Morgan fingerprint density at radius 1 is 1.19 bits per heavy atom. The first kappa shape index (κ1) is 15.9. The topological polar surface area (TPSA) is 24.5 Å². The minimum atomic E-state index is 0.656. The summed E-state index contributed by atoms with van der Waals surface area (Å²) in [6.45, 7) is 12.0. The van der Waals surface area contributed by atoms with E-state index in [9.17, 15) is 0 Å². The maximum absolute atomic E-state index is 5.15. The highest BCUT2D eigenvalue weighted by Crippen LogP contribution is 2.02. The molecule has 0 rings (SSSR count). The third-order valence-corrected chi connectivity index (χ3v) is 3.08. The largest absolute Gasteiger partial charge is 0.383 e. The average molecular weight is 230 g/mol. The normalized spacial score (nSPS) is 13.3. The number of hydrogen-bond acceptors (Lipinski definition) is 3. The van der Waals surface area contributed by atoms with Crippen LogP contribution in [0.15, 0.2) is 0 Å². The second-order valence-corrected chi connectivity index (χ2v) is 4.39. The quantitative estimate of drug-likeness (QED) is 0.550. The van der Waals surface area contributed by atoms with E-state index < -0.39 is 0 Å². The molecule has 0 aromatic heterocycles. The Bertz CT molecular complexity index is 142. The summed E-state index contributed by atoms with van der Waals surface area (Å²) >= 11 is 0. The molecule has 0 aliphatic carbocycles. The van der Waals surface area contributed by atoms with Crippen molar-refractivity contribution in [2.24, 2.45) is 0 Å². The lowest BCUT2D eigenvalue weighted by Gasteiger charge is -2.28. The Morgan fingerprint density at radius 3 is 2.50 bits per heavy atom. The first-order valence-corrected chi connectivity index (χ1v) is 6.69. The number of rotatable bonds is 11. The summed E-state index contributed by atoms with van der Waals surface area (Å²) in [4.78, 5) is 2.50. The number of methoxy groups -OCH3 is 1. The molecule has 0 radical (unpaired) electrons. The fourth-order valence-electron chi connectivity index (χ4n) is 1.67. The minimum Gasteiger partial charge on any atom is -0.383 e. The van der Waals surface area contributed by atoms with Gasteiger partial charge in [-0.2, -0.15) is 0 Å². The van der Waals surface area contributed by atoms with Crippen LogP contribution in [-0.4, -0.2) is 50.8 Å². The summed E-state index contributed by atoms with van der Waals surface area (Å²) < 4.78 is 5.15. The standard InChI is InChI=1S/C13H30N2O/c1-5-7-8-14-9-10-15(11-12-16-4)13(3)6-2/h13-14H,5-12H2,1-4H3. The van der Waals surface area contributed by atoms with Gasteiger partial charge >= 0.3 is 0 Å². The van der Waals surface area contributed by atoms with E-state index in [4.69, 9.17) is 4.74 Å². The molecule has 98 valence electrons. The molecular weight excluding hydrogens is 200 g/mol. The molecule has 16 heavy (non-hydrogen) atoms. The first-order chi connectivity index (χ1) is 7.76. The molecule has 0 saturated heterocycles. The van der Waals surface area contributed by atoms with Crippen LogP contribution in [0.5, 0.6) is 0 Å². The predicted molar refractivity (Wildman–Crippen MR) is 71.0 cm³/mol. The third-order valence-electron chi connectivity index (χ3n) is 3.08. The SMILES string of the molecule is CCCCNCCN(CCOC)C(C)CC. The van der Waals surface area contributed by atoms with Gasteiger partial charge in [-0.05, 0) is 26.3 Å². The van der Waals surface area contributed by atoms with E-state index in [0.29, 0.717) is 6.04 Å². The molecular formula is C13H30N2O. The van der Waals surface area contributed by atoms with Crippen LogP contribution < -0.4 is 5.32 Å². The lowest BCUT2D eigenvalue weighted by atomic mass is 10.2. The van der Waals surface area contributed by atoms with Crippen LogP contribution in [0.3, 0.4) is 0 Å². The van der Waals surface area contributed by atoms with Gasteiger partial charge < -0.3 is 10.1 Å². The molecule has 1 unspecified atom stereocenters. The van der Waals surface area contributed by atoms with Gasteiger partial charge in [0.1, 0.15) is 0 Å². The van der Waals surface area contributed by atoms with E-state index >= 15 is 0 Å². The lowest BCUT2D eigenvalue weighted by molar-refractivity contribution is 0.123. The monoisotopic (exact) mass is 230 g/mol. The molecule has 3 heteroatoms. The zero-order valence-electron chi connectivity index (χ0n) is 11.6. The van der Waals surface area contributed by atoms with Crippen LogP contribution in [0.25, 0.3) is 0 Å². The molecule has 0 aliphatic rings. The highest BCUT2D eigenvalue weighted by molar-refractivity contribution is 4.66. The van der Waals surface area contributed by atoms with Crippen LogP contribution in [0.1, 0.15) is 40.0 Å². The average Bonchev–Trinajstić information content (AvgIpc) is 2.31. The summed E-state index contributed by atoms with van der Waals surface area (Å²) in [7, 11) is 1.77. The van der Waals surface area contributed by atoms with Crippen molar-refractivity contribution in [2.45, 2.75) is 46.1 Å². The number of ether oxygens (including phenoxy) is 1. The van der Waals surface area contributed by atoms with Crippen molar-refractivity contribution in [3.05, 3.63) is 0 Å². The van der Waals surface area contributed by atoms with Crippen molar-refractivity contribution in [2.75, 3.05) is 39.9 Å². The van der Waals surface area contributed by atoms with Gasteiger partial charge in [-0.15, -0.1) is 0 Å². The van der Waals surface area contributed by atoms with E-state index in [1.165, 1.54) is 19.3 Å². The number of nitrogens with one attached hydrogen (secondary N) is 1. The van der Waals surface area contributed by atoms with E-state index in [1.54, 1.807) is 7.11 Å². The van der Waals surface area contributed by atoms with Crippen LogP contribution in [0.2, 0.25) is 0 Å². The van der Waals surface area contributed by atoms with E-state index in [2.05, 4.69) is 31.0 Å². The molecule has 0 aromatic carbocycles. The van der Waals surface area contributed by atoms with Gasteiger partial charge in [0.05, 0.1) is 6.61 Å². The zero-order chi connectivity index (χ0) is 12.2. The molecule has 0 fully saturated rings. The van der Waals surface area contributed by atoms with Gasteiger partial charge in [0.25, 0.3) is 0 Å². The van der Waals surface area contributed by atoms with Crippen molar-refractivity contribution in [1.29, 1.82) is 0 Å². The second kappa shape index (κ2) is 11.4. The molecule has 0 aliphatic heterocycles. The summed E-state index contributed by atoms with van der Waals surface area (Å²) in [5.74, 6) is 0. The Morgan fingerprint density at radius 2 is 1.94 bits per heavy atom. The zero-order valence-corrected chi connectivity index (χ0v) is 11.6. The highest BCUT2D eigenvalue weighted by atomic mass is 16.5. The minimum absolute atomic E-state index is 0.656. The van der Waals surface area contributed by atoms with Gasteiger partial charge in [-0.25, -0.2) is 0 Å². The molecule has 0 heterocycles. The summed E-state index contributed by atoms with van der Waals surface area (Å²) in [6, 6.07) is 0.656. The highest BCUT2D eigenvalue weighted by Gasteiger charge is 2.10. The van der Waals surface area contributed by atoms with Crippen molar-refractivity contribution in [1.82, 2.24) is 10.2 Å². The Kier molecular flexibility index (Phi) is 11.3. The fraction of sp³-hybridized carbons (Fsp3) is 1.00. The van der Waals surface area contributed by atoms with Crippen molar-refractivity contribution >= 4 is 0 Å². The molecule has 0 saturated carbocycles. The number of unbranched alkanes of at least 4 members (excludes halogenated alkanes) is 1.